The third kappa shape index (κ3) is 5.99. The largest absolute Gasteiger partial charge is 0.490 e. The molecule has 0 atom stereocenters. The Kier molecular flexibility index (Phi) is 7.16. The number of aryl methyl sites for hydroxylation is 1. The van der Waals surface area contributed by atoms with Gasteiger partial charge in [0.05, 0.1) is 6.61 Å². The molecule has 0 bridgehead atoms. The fraction of sp³-hybridized carbons (Fsp3) is 0.300. The molecule has 2 N–H and O–H groups in total. The van der Waals surface area contributed by atoms with Gasteiger partial charge >= 0.3 is 5.97 Å². The number of benzene rings is 2. The Morgan fingerprint density at radius 3 is 2.56 bits per heavy atom. The van der Waals surface area contributed by atoms with Crippen LogP contribution in [0.1, 0.15) is 28.4 Å². The van der Waals surface area contributed by atoms with Gasteiger partial charge in [0.15, 0.2) is 18.1 Å². The molecule has 2 aromatic rings. The zero-order chi connectivity index (χ0) is 19.8. The maximum atomic E-state index is 13.1. The summed E-state index contributed by atoms with van der Waals surface area (Å²) in [5.41, 5.74) is 2.17. The van der Waals surface area contributed by atoms with E-state index in [1.165, 1.54) is 30.3 Å². The van der Waals surface area contributed by atoms with Gasteiger partial charge in [0, 0.05) is 12.1 Å². The standard InChI is InChI=1S/C20H22FNO5/c1-3-26-18-11-15(5-7-17(18)27-12-19(23)24)20(25)22-9-8-14-4-6-16(21)10-13(14)2/h4-7,10-11H,3,8-9,12H2,1-2H3,(H,22,25)(H,23,24). The van der Waals surface area contributed by atoms with Crippen LogP contribution in [0.2, 0.25) is 0 Å². The third-order valence-electron chi connectivity index (χ3n) is 3.84. The lowest BCUT2D eigenvalue weighted by Gasteiger charge is -2.13. The topological polar surface area (TPSA) is 84.9 Å². The third-order valence-corrected chi connectivity index (χ3v) is 3.84. The number of hydrogen-bond donors (Lipinski definition) is 2. The first-order valence-electron chi connectivity index (χ1n) is 8.55. The fourth-order valence-electron chi connectivity index (χ4n) is 2.53. The van der Waals surface area contributed by atoms with Gasteiger partial charge in [-0.3, -0.25) is 4.79 Å². The number of carboxylic acid groups (broad SMARTS) is 1. The Morgan fingerprint density at radius 2 is 1.89 bits per heavy atom. The number of nitrogens with one attached hydrogen (secondary N) is 1. The molecule has 0 aromatic heterocycles. The molecule has 144 valence electrons. The summed E-state index contributed by atoms with van der Waals surface area (Å²) in [6.07, 6.45) is 0.579. The molecule has 0 saturated heterocycles. The molecule has 0 aliphatic carbocycles. The summed E-state index contributed by atoms with van der Waals surface area (Å²) in [5.74, 6) is -1.11. The average Bonchev–Trinajstić information content (AvgIpc) is 2.62. The van der Waals surface area contributed by atoms with Gasteiger partial charge in [0.25, 0.3) is 5.91 Å². The Morgan fingerprint density at radius 1 is 1.11 bits per heavy atom. The van der Waals surface area contributed by atoms with Crippen molar-refractivity contribution in [3.8, 4) is 11.5 Å². The number of hydrogen-bond acceptors (Lipinski definition) is 4. The average molecular weight is 375 g/mol. The highest BCUT2D eigenvalue weighted by molar-refractivity contribution is 5.94. The second kappa shape index (κ2) is 9.56. The Hall–Kier alpha value is -3.09. The van der Waals surface area contributed by atoms with Crippen molar-refractivity contribution >= 4 is 11.9 Å². The van der Waals surface area contributed by atoms with E-state index in [2.05, 4.69) is 5.32 Å². The van der Waals surface area contributed by atoms with E-state index < -0.39 is 12.6 Å². The molecule has 1 amide bonds. The van der Waals surface area contributed by atoms with E-state index in [0.29, 0.717) is 30.9 Å². The number of halogens is 1. The van der Waals surface area contributed by atoms with Crippen molar-refractivity contribution in [3.63, 3.8) is 0 Å². The maximum Gasteiger partial charge on any atom is 0.341 e. The number of amides is 1. The highest BCUT2D eigenvalue weighted by Crippen LogP contribution is 2.28. The van der Waals surface area contributed by atoms with Crippen LogP contribution in [-0.4, -0.2) is 36.7 Å². The first kappa shape index (κ1) is 20.2. The molecule has 2 aromatic carbocycles. The van der Waals surface area contributed by atoms with Gasteiger partial charge < -0.3 is 19.9 Å². The number of rotatable bonds is 9. The van der Waals surface area contributed by atoms with E-state index >= 15 is 0 Å². The van der Waals surface area contributed by atoms with Gasteiger partial charge in [-0.25, -0.2) is 9.18 Å². The van der Waals surface area contributed by atoms with Crippen molar-refractivity contribution in [3.05, 3.63) is 58.9 Å². The summed E-state index contributed by atoms with van der Waals surface area (Å²) >= 11 is 0. The van der Waals surface area contributed by atoms with E-state index in [9.17, 15) is 14.0 Å². The molecule has 0 unspecified atom stereocenters. The number of carbonyl (C=O) groups is 2. The van der Waals surface area contributed by atoms with Gasteiger partial charge in [-0.05, 0) is 61.7 Å². The highest BCUT2D eigenvalue weighted by Gasteiger charge is 2.13. The van der Waals surface area contributed by atoms with E-state index in [0.717, 1.165) is 11.1 Å². The zero-order valence-electron chi connectivity index (χ0n) is 15.3. The van der Waals surface area contributed by atoms with Crippen LogP contribution in [0.3, 0.4) is 0 Å². The number of aliphatic carboxylic acids is 1. The van der Waals surface area contributed by atoms with E-state index in [4.69, 9.17) is 14.6 Å². The molecule has 6 nitrogen and oxygen atoms in total. The summed E-state index contributed by atoms with van der Waals surface area (Å²) in [7, 11) is 0. The second-order valence-corrected chi connectivity index (χ2v) is 5.85. The summed E-state index contributed by atoms with van der Waals surface area (Å²) in [4.78, 5) is 23.0. The van der Waals surface area contributed by atoms with Crippen molar-refractivity contribution in [2.75, 3.05) is 19.8 Å². The molecule has 0 fully saturated rings. The smallest absolute Gasteiger partial charge is 0.341 e. The maximum absolute atomic E-state index is 13.1. The van der Waals surface area contributed by atoms with Gasteiger partial charge in [0.1, 0.15) is 5.82 Å². The number of carboxylic acids is 1. The van der Waals surface area contributed by atoms with Crippen LogP contribution in [0.5, 0.6) is 11.5 Å². The van der Waals surface area contributed by atoms with Gasteiger partial charge in [-0.1, -0.05) is 6.07 Å². The van der Waals surface area contributed by atoms with Crippen LogP contribution in [0, 0.1) is 12.7 Å². The SMILES string of the molecule is CCOc1cc(C(=O)NCCc2ccc(F)cc2C)ccc1OCC(=O)O. The fourth-order valence-corrected chi connectivity index (χ4v) is 2.53. The zero-order valence-corrected chi connectivity index (χ0v) is 15.3. The predicted octanol–water partition coefficient (Wildman–Crippen LogP) is 2.97. The highest BCUT2D eigenvalue weighted by atomic mass is 19.1. The molecular formula is C20H22FNO5. The number of ether oxygens (including phenoxy) is 2. The van der Waals surface area contributed by atoms with E-state index in [-0.39, 0.29) is 17.5 Å². The molecule has 0 heterocycles. The summed E-state index contributed by atoms with van der Waals surface area (Å²) in [5, 5.41) is 11.5. The van der Waals surface area contributed by atoms with Crippen molar-refractivity contribution in [1.29, 1.82) is 0 Å². The van der Waals surface area contributed by atoms with Crippen molar-refractivity contribution in [2.24, 2.45) is 0 Å². The van der Waals surface area contributed by atoms with Crippen LogP contribution in [0.4, 0.5) is 4.39 Å². The second-order valence-electron chi connectivity index (χ2n) is 5.85. The summed E-state index contributed by atoms with van der Waals surface area (Å²) in [6.45, 7) is 3.84. The molecular weight excluding hydrogens is 353 g/mol. The normalized spacial score (nSPS) is 10.3. The first-order chi connectivity index (χ1) is 12.9. The van der Waals surface area contributed by atoms with Crippen molar-refractivity contribution in [1.82, 2.24) is 5.32 Å². The van der Waals surface area contributed by atoms with E-state index in [1.807, 2.05) is 6.92 Å². The Labute approximate surface area is 156 Å². The molecule has 27 heavy (non-hydrogen) atoms. The lowest BCUT2D eigenvalue weighted by Crippen LogP contribution is -2.26. The molecule has 0 aliphatic heterocycles. The summed E-state index contributed by atoms with van der Waals surface area (Å²) < 4.78 is 23.7. The minimum absolute atomic E-state index is 0.262. The molecule has 0 spiro atoms. The van der Waals surface area contributed by atoms with Crippen molar-refractivity contribution in [2.45, 2.75) is 20.3 Å². The molecule has 0 aliphatic rings. The van der Waals surface area contributed by atoms with Gasteiger partial charge in [-0.2, -0.15) is 0 Å². The van der Waals surface area contributed by atoms with Crippen molar-refractivity contribution < 1.29 is 28.6 Å². The van der Waals surface area contributed by atoms with Gasteiger partial charge in [0.2, 0.25) is 0 Å². The van der Waals surface area contributed by atoms with E-state index in [1.54, 1.807) is 13.0 Å². The number of carbonyl (C=O) groups excluding carboxylic acids is 1. The molecule has 2 rings (SSSR count). The molecule has 0 saturated carbocycles. The van der Waals surface area contributed by atoms with Gasteiger partial charge in [-0.15, -0.1) is 0 Å². The first-order valence-corrected chi connectivity index (χ1v) is 8.55. The van der Waals surface area contributed by atoms with Crippen LogP contribution < -0.4 is 14.8 Å². The van der Waals surface area contributed by atoms with Crippen LogP contribution in [0.15, 0.2) is 36.4 Å². The lowest BCUT2D eigenvalue weighted by atomic mass is 10.1. The Balaban J connectivity index is 2.00. The van der Waals surface area contributed by atoms with Crippen LogP contribution in [-0.2, 0) is 11.2 Å². The molecule has 0 radical (unpaired) electrons. The lowest BCUT2D eigenvalue weighted by molar-refractivity contribution is -0.139. The van der Waals surface area contributed by atoms with Crippen LogP contribution >= 0.6 is 0 Å². The minimum Gasteiger partial charge on any atom is -0.490 e. The predicted molar refractivity (Wildman–Crippen MR) is 97.9 cm³/mol. The summed E-state index contributed by atoms with van der Waals surface area (Å²) in [6, 6.07) is 9.12. The Bertz CT molecular complexity index is 822. The quantitative estimate of drug-likeness (QED) is 0.704. The molecule has 7 heteroatoms. The monoisotopic (exact) mass is 375 g/mol. The minimum atomic E-state index is -1.10. The van der Waals surface area contributed by atoms with Crippen LogP contribution in [0.25, 0.3) is 0 Å².